The number of carbonyl (C=O) groups excluding carboxylic acids is 1. The van der Waals surface area contributed by atoms with Gasteiger partial charge in [0.15, 0.2) is 0 Å². The first kappa shape index (κ1) is 16.5. The molecule has 0 fully saturated rings. The van der Waals surface area contributed by atoms with E-state index in [4.69, 9.17) is 0 Å². The lowest BCUT2D eigenvalue weighted by atomic mass is 10.0. The van der Waals surface area contributed by atoms with Gasteiger partial charge < -0.3 is 10.4 Å². The Morgan fingerprint density at radius 3 is 2.55 bits per heavy atom. The Hall–Kier alpha value is -1.51. The summed E-state index contributed by atoms with van der Waals surface area (Å²) in [6.45, 7) is 7.06. The molecular weight excluding hydrogens is 250 g/mol. The van der Waals surface area contributed by atoms with E-state index < -0.39 is 0 Å². The minimum Gasteiger partial charge on any atom is -0.508 e. The zero-order valence-electron chi connectivity index (χ0n) is 12.9. The molecule has 0 aliphatic heterocycles. The minimum absolute atomic E-state index is 0.0512. The van der Waals surface area contributed by atoms with Gasteiger partial charge in [-0.2, -0.15) is 0 Å². The quantitative estimate of drug-likeness (QED) is 0.705. The van der Waals surface area contributed by atoms with E-state index in [1.165, 1.54) is 25.7 Å². The molecule has 0 aliphatic carbocycles. The zero-order valence-corrected chi connectivity index (χ0v) is 12.9. The summed E-state index contributed by atoms with van der Waals surface area (Å²) in [5.41, 5.74) is 1.45. The Labute approximate surface area is 122 Å². The summed E-state index contributed by atoms with van der Waals surface area (Å²) in [6, 6.07) is 4.83. The summed E-state index contributed by atoms with van der Waals surface area (Å²) in [5, 5.41) is 12.3. The van der Waals surface area contributed by atoms with Gasteiger partial charge in [-0.15, -0.1) is 0 Å². The molecule has 0 bridgehead atoms. The molecule has 20 heavy (non-hydrogen) atoms. The highest BCUT2D eigenvalue weighted by Gasteiger charge is 2.08. The van der Waals surface area contributed by atoms with Gasteiger partial charge in [-0.1, -0.05) is 39.5 Å². The number of hydrogen-bond acceptors (Lipinski definition) is 2. The summed E-state index contributed by atoms with van der Waals surface area (Å²) >= 11 is 0. The molecule has 1 amide bonds. The second kappa shape index (κ2) is 8.62. The van der Waals surface area contributed by atoms with Crippen LogP contribution in [0.5, 0.6) is 5.75 Å². The van der Waals surface area contributed by atoms with Gasteiger partial charge in [0.05, 0.1) is 0 Å². The third-order valence-electron chi connectivity index (χ3n) is 3.45. The van der Waals surface area contributed by atoms with E-state index in [-0.39, 0.29) is 11.7 Å². The molecule has 2 N–H and O–H groups in total. The maximum absolute atomic E-state index is 12.0. The summed E-state index contributed by atoms with van der Waals surface area (Å²) in [5.74, 6) is 0.932. The Kier molecular flexibility index (Phi) is 7.13. The van der Waals surface area contributed by atoms with E-state index in [0.717, 1.165) is 24.4 Å². The van der Waals surface area contributed by atoms with E-state index in [9.17, 15) is 9.90 Å². The fourth-order valence-corrected chi connectivity index (χ4v) is 2.23. The number of phenols is 1. The van der Waals surface area contributed by atoms with Gasteiger partial charge in [-0.3, -0.25) is 4.79 Å². The summed E-state index contributed by atoms with van der Waals surface area (Å²) in [4.78, 5) is 12.0. The van der Waals surface area contributed by atoms with Crippen molar-refractivity contribution in [3.05, 3.63) is 29.3 Å². The molecule has 0 radical (unpaired) electrons. The standard InChI is InChI=1S/C17H27NO2/c1-13(2)8-6-4-5-7-11-18-17(20)16-10-9-15(19)12-14(16)3/h9-10,12-13,19H,4-8,11H2,1-3H3,(H,18,20). The van der Waals surface area contributed by atoms with Gasteiger partial charge >= 0.3 is 0 Å². The van der Waals surface area contributed by atoms with Crippen LogP contribution in [0.15, 0.2) is 18.2 Å². The zero-order chi connectivity index (χ0) is 15.0. The molecular formula is C17H27NO2. The Morgan fingerprint density at radius 2 is 1.90 bits per heavy atom. The van der Waals surface area contributed by atoms with Crippen LogP contribution in [0.4, 0.5) is 0 Å². The van der Waals surface area contributed by atoms with Crippen molar-refractivity contribution >= 4 is 5.91 Å². The van der Waals surface area contributed by atoms with Crippen molar-refractivity contribution in [3.8, 4) is 5.75 Å². The molecule has 0 unspecified atom stereocenters. The number of phenolic OH excluding ortho intramolecular Hbond substituents is 1. The van der Waals surface area contributed by atoms with Crippen LogP contribution in [0, 0.1) is 12.8 Å². The van der Waals surface area contributed by atoms with Crippen LogP contribution < -0.4 is 5.32 Å². The second-order valence-corrected chi connectivity index (χ2v) is 5.85. The number of amides is 1. The van der Waals surface area contributed by atoms with Gasteiger partial charge in [0, 0.05) is 12.1 Å². The van der Waals surface area contributed by atoms with Crippen LogP contribution >= 0.6 is 0 Å². The number of hydrogen-bond donors (Lipinski definition) is 2. The molecule has 0 aliphatic rings. The van der Waals surface area contributed by atoms with Crippen LogP contribution in [0.3, 0.4) is 0 Å². The molecule has 0 saturated heterocycles. The SMILES string of the molecule is Cc1cc(O)ccc1C(=O)NCCCCCCC(C)C. The summed E-state index contributed by atoms with van der Waals surface area (Å²) < 4.78 is 0. The van der Waals surface area contributed by atoms with Gasteiger partial charge in [0.25, 0.3) is 5.91 Å². The average molecular weight is 277 g/mol. The van der Waals surface area contributed by atoms with E-state index in [0.29, 0.717) is 5.56 Å². The predicted octanol–water partition coefficient (Wildman–Crippen LogP) is 4.04. The Bertz CT molecular complexity index is 427. The largest absolute Gasteiger partial charge is 0.508 e. The lowest BCUT2D eigenvalue weighted by Crippen LogP contribution is -2.25. The van der Waals surface area contributed by atoms with Crippen LogP contribution in [0.1, 0.15) is 61.9 Å². The van der Waals surface area contributed by atoms with E-state index >= 15 is 0 Å². The topological polar surface area (TPSA) is 49.3 Å². The number of carbonyl (C=O) groups is 1. The van der Waals surface area contributed by atoms with Crippen LogP contribution in [0.2, 0.25) is 0 Å². The van der Waals surface area contributed by atoms with Crippen molar-refractivity contribution in [2.45, 2.75) is 52.9 Å². The molecule has 0 spiro atoms. The number of benzene rings is 1. The Morgan fingerprint density at radius 1 is 1.20 bits per heavy atom. The molecule has 112 valence electrons. The monoisotopic (exact) mass is 277 g/mol. The first-order valence-electron chi connectivity index (χ1n) is 7.58. The van der Waals surface area contributed by atoms with E-state index in [1.807, 2.05) is 6.92 Å². The van der Waals surface area contributed by atoms with Crippen molar-refractivity contribution in [1.29, 1.82) is 0 Å². The fourth-order valence-electron chi connectivity index (χ4n) is 2.23. The van der Waals surface area contributed by atoms with E-state index in [2.05, 4.69) is 19.2 Å². The van der Waals surface area contributed by atoms with Crippen molar-refractivity contribution in [2.24, 2.45) is 5.92 Å². The average Bonchev–Trinajstić information content (AvgIpc) is 2.37. The summed E-state index contributed by atoms with van der Waals surface area (Å²) in [6.07, 6.45) is 6.01. The third-order valence-corrected chi connectivity index (χ3v) is 3.45. The third kappa shape index (κ3) is 6.09. The number of aryl methyl sites for hydroxylation is 1. The molecule has 1 aromatic rings. The highest BCUT2D eigenvalue weighted by atomic mass is 16.3. The molecule has 3 heteroatoms. The molecule has 0 saturated carbocycles. The molecule has 3 nitrogen and oxygen atoms in total. The van der Waals surface area contributed by atoms with Crippen molar-refractivity contribution < 1.29 is 9.90 Å². The number of rotatable bonds is 8. The molecule has 1 rings (SSSR count). The second-order valence-electron chi connectivity index (χ2n) is 5.85. The number of unbranched alkanes of at least 4 members (excludes halogenated alkanes) is 3. The van der Waals surface area contributed by atoms with E-state index in [1.54, 1.807) is 18.2 Å². The minimum atomic E-state index is -0.0512. The maximum atomic E-state index is 12.0. The normalized spacial score (nSPS) is 10.8. The Balaban J connectivity index is 2.20. The number of nitrogens with one attached hydrogen (secondary N) is 1. The molecule has 0 aromatic heterocycles. The lowest BCUT2D eigenvalue weighted by molar-refractivity contribution is 0.0952. The summed E-state index contributed by atoms with van der Waals surface area (Å²) in [7, 11) is 0. The highest BCUT2D eigenvalue weighted by Crippen LogP contribution is 2.15. The molecule has 0 heterocycles. The first-order chi connectivity index (χ1) is 9.50. The molecule has 0 atom stereocenters. The fraction of sp³-hybridized carbons (Fsp3) is 0.588. The maximum Gasteiger partial charge on any atom is 0.251 e. The van der Waals surface area contributed by atoms with Crippen molar-refractivity contribution in [2.75, 3.05) is 6.54 Å². The lowest BCUT2D eigenvalue weighted by Gasteiger charge is -2.08. The van der Waals surface area contributed by atoms with Crippen LogP contribution in [-0.2, 0) is 0 Å². The molecule has 1 aromatic carbocycles. The van der Waals surface area contributed by atoms with Gasteiger partial charge in [0.1, 0.15) is 5.75 Å². The highest BCUT2D eigenvalue weighted by molar-refractivity contribution is 5.95. The van der Waals surface area contributed by atoms with Gasteiger partial charge in [-0.05, 0) is 43.0 Å². The van der Waals surface area contributed by atoms with Crippen molar-refractivity contribution in [1.82, 2.24) is 5.32 Å². The predicted molar refractivity (Wildman–Crippen MR) is 83.1 cm³/mol. The van der Waals surface area contributed by atoms with Gasteiger partial charge in [-0.25, -0.2) is 0 Å². The first-order valence-corrected chi connectivity index (χ1v) is 7.58. The van der Waals surface area contributed by atoms with Crippen LogP contribution in [-0.4, -0.2) is 17.6 Å². The van der Waals surface area contributed by atoms with Crippen LogP contribution in [0.25, 0.3) is 0 Å². The van der Waals surface area contributed by atoms with Crippen molar-refractivity contribution in [3.63, 3.8) is 0 Å². The number of aromatic hydroxyl groups is 1. The van der Waals surface area contributed by atoms with Gasteiger partial charge in [0.2, 0.25) is 0 Å². The smallest absolute Gasteiger partial charge is 0.251 e.